The van der Waals surface area contributed by atoms with E-state index in [9.17, 15) is 0 Å². The van der Waals surface area contributed by atoms with Crippen LogP contribution in [0.4, 0.5) is 0 Å². The first-order chi connectivity index (χ1) is 7.58. The second kappa shape index (κ2) is 6.61. The van der Waals surface area contributed by atoms with Crippen LogP contribution in [0.15, 0.2) is 0 Å². The molecule has 4 atom stereocenters. The molecule has 0 saturated carbocycles. The molecule has 96 valence electrons. The maximum Gasteiger partial charge on any atom is 0.0246 e. The zero-order valence-electron chi connectivity index (χ0n) is 11.8. The molecule has 1 heterocycles. The molecule has 16 heavy (non-hydrogen) atoms. The normalized spacial score (nSPS) is 31.3. The zero-order chi connectivity index (χ0) is 12.1. The lowest BCUT2D eigenvalue weighted by Gasteiger charge is -2.43. The zero-order valence-corrected chi connectivity index (χ0v) is 11.8. The van der Waals surface area contributed by atoms with Gasteiger partial charge in [-0.3, -0.25) is 4.90 Å². The predicted octanol–water partition coefficient (Wildman–Crippen LogP) is 2.74. The van der Waals surface area contributed by atoms with Crippen molar-refractivity contribution < 1.29 is 0 Å². The molecular weight excluding hydrogens is 196 g/mol. The molecule has 0 aromatic rings. The fourth-order valence-corrected chi connectivity index (χ4v) is 2.58. The average Bonchev–Trinajstić information content (AvgIpc) is 2.28. The van der Waals surface area contributed by atoms with Crippen molar-refractivity contribution in [2.75, 3.05) is 19.6 Å². The molecule has 1 aliphatic rings. The lowest BCUT2D eigenvalue weighted by Crippen LogP contribution is -2.58. The molecule has 1 fully saturated rings. The summed E-state index contributed by atoms with van der Waals surface area (Å²) in [4.78, 5) is 2.73. The maximum absolute atomic E-state index is 3.63. The van der Waals surface area contributed by atoms with E-state index in [4.69, 9.17) is 0 Å². The monoisotopic (exact) mass is 226 g/mol. The minimum Gasteiger partial charge on any atom is -0.311 e. The molecule has 2 heteroatoms. The van der Waals surface area contributed by atoms with Gasteiger partial charge in [-0.1, -0.05) is 40.5 Å². The minimum absolute atomic E-state index is 0.657. The molecule has 1 aliphatic heterocycles. The van der Waals surface area contributed by atoms with Gasteiger partial charge in [-0.15, -0.1) is 0 Å². The lowest BCUT2D eigenvalue weighted by molar-refractivity contribution is 0.0810. The summed E-state index contributed by atoms with van der Waals surface area (Å²) >= 11 is 0. The first-order valence-corrected chi connectivity index (χ1v) is 7.05. The summed E-state index contributed by atoms with van der Waals surface area (Å²) in [6, 6.07) is 1.40. The number of nitrogens with one attached hydrogen (secondary N) is 1. The summed E-state index contributed by atoms with van der Waals surface area (Å²) in [5, 5.41) is 3.63. The van der Waals surface area contributed by atoms with Gasteiger partial charge in [0.15, 0.2) is 0 Å². The second-order valence-corrected chi connectivity index (χ2v) is 5.73. The van der Waals surface area contributed by atoms with E-state index < -0.39 is 0 Å². The average molecular weight is 226 g/mol. The third kappa shape index (κ3) is 3.74. The van der Waals surface area contributed by atoms with E-state index in [1.807, 2.05) is 0 Å². The van der Waals surface area contributed by atoms with Crippen LogP contribution in [0.3, 0.4) is 0 Å². The van der Waals surface area contributed by atoms with Crippen LogP contribution in [0, 0.1) is 11.8 Å². The van der Waals surface area contributed by atoms with Crippen LogP contribution in [0.5, 0.6) is 0 Å². The second-order valence-electron chi connectivity index (χ2n) is 5.73. The number of hydrogen-bond donors (Lipinski definition) is 1. The molecule has 1 saturated heterocycles. The molecule has 1 N–H and O–H groups in total. The molecule has 0 aliphatic carbocycles. The Bertz CT molecular complexity index is 193. The SMILES string of the molecule is CCC(C)CN1CC(C)NCC1C(C)CC. The fraction of sp³-hybridized carbons (Fsp3) is 1.00. The van der Waals surface area contributed by atoms with Crippen molar-refractivity contribution in [3.63, 3.8) is 0 Å². The minimum atomic E-state index is 0.657. The van der Waals surface area contributed by atoms with Crippen molar-refractivity contribution in [3.05, 3.63) is 0 Å². The van der Waals surface area contributed by atoms with E-state index in [0.717, 1.165) is 17.9 Å². The molecule has 0 amide bonds. The molecule has 1 rings (SSSR count). The van der Waals surface area contributed by atoms with E-state index in [2.05, 4.69) is 44.8 Å². The smallest absolute Gasteiger partial charge is 0.0246 e. The van der Waals surface area contributed by atoms with E-state index >= 15 is 0 Å². The molecule has 0 radical (unpaired) electrons. The van der Waals surface area contributed by atoms with Gasteiger partial charge in [0.25, 0.3) is 0 Å². The van der Waals surface area contributed by atoms with Crippen molar-refractivity contribution in [2.24, 2.45) is 11.8 Å². The summed E-state index contributed by atoms with van der Waals surface area (Å²) in [5.41, 5.74) is 0. The van der Waals surface area contributed by atoms with Gasteiger partial charge in [0, 0.05) is 31.7 Å². The lowest BCUT2D eigenvalue weighted by atomic mass is 9.93. The van der Waals surface area contributed by atoms with Crippen LogP contribution in [-0.2, 0) is 0 Å². The van der Waals surface area contributed by atoms with E-state index in [1.165, 1.54) is 32.5 Å². The molecule has 0 aromatic carbocycles. The highest BCUT2D eigenvalue weighted by atomic mass is 15.2. The van der Waals surface area contributed by atoms with Gasteiger partial charge in [0.1, 0.15) is 0 Å². The van der Waals surface area contributed by atoms with Gasteiger partial charge in [-0.05, 0) is 18.8 Å². The molecule has 0 spiro atoms. The van der Waals surface area contributed by atoms with E-state index in [-0.39, 0.29) is 0 Å². The summed E-state index contributed by atoms with van der Waals surface area (Å²) in [7, 11) is 0. The Balaban J connectivity index is 2.57. The van der Waals surface area contributed by atoms with Crippen LogP contribution in [-0.4, -0.2) is 36.6 Å². The van der Waals surface area contributed by atoms with Gasteiger partial charge in [0.05, 0.1) is 0 Å². The maximum atomic E-state index is 3.63. The highest BCUT2D eigenvalue weighted by Gasteiger charge is 2.29. The first kappa shape index (κ1) is 14.0. The number of hydrogen-bond acceptors (Lipinski definition) is 2. The Kier molecular flexibility index (Phi) is 5.77. The Hall–Kier alpha value is -0.0800. The van der Waals surface area contributed by atoms with Crippen molar-refractivity contribution in [3.8, 4) is 0 Å². The Morgan fingerprint density at radius 1 is 1.25 bits per heavy atom. The van der Waals surface area contributed by atoms with E-state index in [1.54, 1.807) is 0 Å². The summed E-state index contributed by atoms with van der Waals surface area (Å²) < 4.78 is 0. The first-order valence-electron chi connectivity index (χ1n) is 7.05. The van der Waals surface area contributed by atoms with Gasteiger partial charge >= 0.3 is 0 Å². The van der Waals surface area contributed by atoms with Crippen LogP contribution in [0.25, 0.3) is 0 Å². The number of piperazine rings is 1. The highest BCUT2D eigenvalue weighted by Crippen LogP contribution is 2.20. The predicted molar refractivity (Wildman–Crippen MR) is 71.7 cm³/mol. The fourth-order valence-electron chi connectivity index (χ4n) is 2.58. The van der Waals surface area contributed by atoms with Crippen LogP contribution in [0.2, 0.25) is 0 Å². The standard InChI is InChI=1S/C14H30N2/c1-6-11(3)9-16-10-13(5)15-8-14(16)12(4)7-2/h11-15H,6-10H2,1-5H3. The number of rotatable bonds is 5. The summed E-state index contributed by atoms with van der Waals surface area (Å²) in [5.74, 6) is 1.64. The summed E-state index contributed by atoms with van der Waals surface area (Å²) in [6.45, 7) is 15.4. The highest BCUT2D eigenvalue weighted by molar-refractivity contribution is 4.87. The Labute approximate surface area is 102 Å². The molecule has 4 unspecified atom stereocenters. The van der Waals surface area contributed by atoms with Crippen molar-refractivity contribution in [2.45, 2.75) is 59.5 Å². The third-order valence-corrected chi connectivity index (χ3v) is 4.20. The van der Waals surface area contributed by atoms with Crippen LogP contribution >= 0.6 is 0 Å². The van der Waals surface area contributed by atoms with Crippen LogP contribution < -0.4 is 5.32 Å². The summed E-state index contributed by atoms with van der Waals surface area (Å²) in [6.07, 6.45) is 2.59. The largest absolute Gasteiger partial charge is 0.311 e. The van der Waals surface area contributed by atoms with Crippen molar-refractivity contribution in [1.82, 2.24) is 10.2 Å². The van der Waals surface area contributed by atoms with Crippen molar-refractivity contribution in [1.29, 1.82) is 0 Å². The molecule has 2 nitrogen and oxygen atoms in total. The molecule has 0 aromatic heterocycles. The van der Waals surface area contributed by atoms with Gasteiger partial charge in [0.2, 0.25) is 0 Å². The molecule has 0 bridgehead atoms. The Morgan fingerprint density at radius 2 is 1.94 bits per heavy atom. The van der Waals surface area contributed by atoms with Gasteiger partial charge in [-0.25, -0.2) is 0 Å². The van der Waals surface area contributed by atoms with Crippen molar-refractivity contribution >= 4 is 0 Å². The van der Waals surface area contributed by atoms with Gasteiger partial charge < -0.3 is 5.32 Å². The molecular formula is C14H30N2. The van der Waals surface area contributed by atoms with Gasteiger partial charge in [-0.2, -0.15) is 0 Å². The van der Waals surface area contributed by atoms with E-state index in [0.29, 0.717) is 6.04 Å². The quantitative estimate of drug-likeness (QED) is 0.775. The topological polar surface area (TPSA) is 15.3 Å². The number of nitrogens with zero attached hydrogens (tertiary/aromatic N) is 1. The Morgan fingerprint density at radius 3 is 2.50 bits per heavy atom. The third-order valence-electron chi connectivity index (χ3n) is 4.20. The van der Waals surface area contributed by atoms with Crippen LogP contribution in [0.1, 0.15) is 47.5 Å².